The second-order valence-corrected chi connectivity index (χ2v) is 9.12. The molecule has 0 atom stereocenters. The molecule has 1 N–H and O–H groups in total. The first kappa shape index (κ1) is 23.0. The highest BCUT2D eigenvalue weighted by Crippen LogP contribution is 2.27. The third-order valence-electron chi connectivity index (χ3n) is 5.51. The molecule has 0 amide bonds. The molecular formula is C25H23N3O3S. The Kier molecular flexibility index (Phi) is 6.64. The summed E-state index contributed by atoms with van der Waals surface area (Å²) in [7, 11) is -2.35. The number of fused-ring (bicyclic) bond motifs is 1. The lowest BCUT2D eigenvalue weighted by Crippen LogP contribution is -2.21. The van der Waals surface area contributed by atoms with Gasteiger partial charge in [0.1, 0.15) is 17.7 Å². The summed E-state index contributed by atoms with van der Waals surface area (Å²) >= 11 is 0. The Morgan fingerprint density at radius 2 is 1.66 bits per heavy atom. The first-order chi connectivity index (χ1) is 15.1. The number of rotatable bonds is 6. The number of benzene rings is 3. The molecule has 0 aromatic heterocycles. The Morgan fingerprint density at radius 1 is 1.00 bits per heavy atom. The summed E-state index contributed by atoms with van der Waals surface area (Å²) in [5, 5.41) is 20.2. The van der Waals surface area contributed by atoms with E-state index in [1.807, 2.05) is 67.4 Å². The zero-order valence-corrected chi connectivity index (χ0v) is 18.9. The normalized spacial score (nSPS) is 10.9. The molecule has 3 aromatic carbocycles. The van der Waals surface area contributed by atoms with E-state index in [1.165, 1.54) is 6.07 Å². The van der Waals surface area contributed by atoms with E-state index in [2.05, 4.69) is 0 Å². The average Bonchev–Trinajstić information content (AvgIpc) is 2.76. The third-order valence-corrected chi connectivity index (χ3v) is 6.46. The van der Waals surface area contributed by atoms with Crippen molar-refractivity contribution in [2.45, 2.75) is 25.2 Å². The van der Waals surface area contributed by atoms with Crippen LogP contribution in [0.4, 0.5) is 5.69 Å². The smallest absolute Gasteiger partial charge is 0.294 e. The van der Waals surface area contributed by atoms with Crippen LogP contribution >= 0.6 is 0 Å². The van der Waals surface area contributed by atoms with Crippen molar-refractivity contribution >= 4 is 32.2 Å². The molecule has 0 fully saturated rings. The molecule has 0 bridgehead atoms. The maximum Gasteiger partial charge on any atom is 0.294 e. The van der Waals surface area contributed by atoms with E-state index in [-0.39, 0.29) is 10.5 Å². The molecule has 0 saturated heterocycles. The predicted molar refractivity (Wildman–Crippen MR) is 126 cm³/mol. The van der Waals surface area contributed by atoms with Crippen LogP contribution in [0.1, 0.15) is 23.6 Å². The first-order valence-electron chi connectivity index (χ1n) is 9.97. The van der Waals surface area contributed by atoms with Crippen LogP contribution in [0.25, 0.3) is 16.3 Å². The number of nitrogens with zero attached hydrogens (tertiary/aromatic N) is 3. The standard InChI is InChI=1S/C25H23N3O3S/c1-17-4-9-25(32(29,30)31)22(12-17)10-11-28(3)24-8-7-20-13-19(5-6-21(20)14-24)18(2)23(15-26)16-27/h4-9,12-14H,10-11H2,1-3H3,(H,29,30,31). The number of anilines is 1. The number of hydrogen-bond donors (Lipinski definition) is 1. The summed E-state index contributed by atoms with van der Waals surface area (Å²) in [6, 6.07) is 20.5. The second kappa shape index (κ2) is 9.23. The molecule has 162 valence electrons. The number of hydrogen-bond acceptors (Lipinski definition) is 5. The van der Waals surface area contributed by atoms with Gasteiger partial charge in [0.2, 0.25) is 0 Å². The van der Waals surface area contributed by atoms with E-state index in [0.29, 0.717) is 24.1 Å². The summed E-state index contributed by atoms with van der Waals surface area (Å²) in [4.78, 5) is 1.97. The van der Waals surface area contributed by atoms with Gasteiger partial charge in [-0.15, -0.1) is 0 Å². The minimum Gasteiger partial charge on any atom is -0.374 e. The summed E-state index contributed by atoms with van der Waals surface area (Å²) in [5.74, 6) is 0. The molecular weight excluding hydrogens is 422 g/mol. The first-order valence-corrected chi connectivity index (χ1v) is 11.4. The highest BCUT2D eigenvalue weighted by Gasteiger charge is 2.16. The quantitative estimate of drug-likeness (QED) is 0.428. The lowest BCUT2D eigenvalue weighted by Gasteiger charge is -2.21. The van der Waals surface area contributed by atoms with Crippen LogP contribution < -0.4 is 4.90 Å². The number of nitriles is 2. The lowest BCUT2D eigenvalue weighted by molar-refractivity contribution is 0.482. The van der Waals surface area contributed by atoms with Gasteiger partial charge in [-0.25, -0.2) is 0 Å². The topological polar surface area (TPSA) is 105 Å². The molecule has 7 heteroatoms. The van der Waals surface area contributed by atoms with Crippen molar-refractivity contribution in [3.63, 3.8) is 0 Å². The van der Waals surface area contributed by atoms with Crippen LogP contribution in [0, 0.1) is 29.6 Å². The van der Waals surface area contributed by atoms with Gasteiger partial charge in [-0.1, -0.05) is 35.9 Å². The zero-order chi connectivity index (χ0) is 23.5. The SMILES string of the molecule is CC(=C(C#N)C#N)c1ccc2cc(N(C)CCc3cc(C)ccc3S(=O)(=O)O)ccc2c1. The van der Waals surface area contributed by atoms with Gasteiger partial charge in [0.15, 0.2) is 0 Å². The molecule has 6 nitrogen and oxygen atoms in total. The van der Waals surface area contributed by atoms with Crippen LogP contribution in [0.5, 0.6) is 0 Å². The van der Waals surface area contributed by atoms with Gasteiger partial charge in [-0.2, -0.15) is 18.9 Å². The Labute approximate surface area is 188 Å². The fourth-order valence-corrected chi connectivity index (χ4v) is 4.35. The number of likely N-dealkylation sites (N-methyl/N-ethyl adjacent to an activating group) is 1. The fraction of sp³-hybridized carbons (Fsp3) is 0.200. The Morgan fingerprint density at radius 3 is 2.31 bits per heavy atom. The highest BCUT2D eigenvalue weighted by molar-refractivity contribution is 7.85. The van der Waals surface area contributed by atoms with Gasteiger partial charge in [0, 0.05) is 19.3 Å². The van der Waals surface area contributed by atoms with Crippen molar-refractivity contribution in [3.05, 3.63) is 76.9 Å². The van der Waals surface area contributed by atoms with E-state index in [4.69, 9.17) is 10.5 Å². The van der Waals surface area contributed by atoms with Gasteiger partial charge >= 0.3 is 0 Å². The molecule has 0 aliphatic heterocycles. The van der Waals surface area contributed by atoms with E-state index >= 15 is 0 Å². The highest BCUT2D eigenvalue weighted by atomic mass is 32.2. The van der Waals surface area contributed by atoms with E-state index in [0.717, 1.165) is 27.6 Å². The molecule has 0 radical (unpaired) electrons. The Bertz CT molecular complexity index is 1390. The van der Waals surface area contributed by atoms with Crippen molar-refractivity contribution in [3.8, 4) is 12.1 Å². The van der Waals surface area contributed by atoms with Crippen LogP contribution in [0.2, 0.25) is 0 Å². The molecule has 3 aromatic rings. The number of aryl methyl sites for hydroxylation is 1. The summed E-state index contributed by atoms with van der Waals surface area (Å²) in [6.45, 7) is 4.20. The van der Waals surface area contributed by atoms with Crippen molar-refractivity contribution in [1.29, 1.82) is 10.5 Å². The maximum absolute atomic E-state index is 11.7. The monoisotopic (exact) mass is 445 g/mol. The van der Waals surface area contributed by atoms with Crippen LogP contribution in [-0.2, 0) is 16.5 Å². The van der Waals surface area contributed by atoms with Gasteiger partial charge in [0.05, 0.1) is 4.90 Å². The van der Waals surface area contributed by atoms with E-state index < -0.39 is 10.1 Å². The predicted octanol–water partition coefficient (Wildman–Crippen LogP) is 4.89. The summed E-state index contributed by atoms with van der Waals surface area (Å²) < 4.78 is 32.9. The van der Waals surface area contributed by atoms with Crippen molar-refractivity contribution in [2.75, 3.05) is 18.5 Å². The van der Waals surface area contributed by atoms with Crippen LogP contribution in [0.3, 0.4) is 0 Å². The van der Waals surface area contributed by atoms with E-state index in [9.17, 15) is 13.0 Å². The second-order valence-electron chi connectivity index (χ2n) is 7.73. The molecule has 0 unspecified atom stereocenters. The Balaban J connectivity index is 1.85. The summed E-state index contributed by atoms with van der Waals surface area (Å²) in [5.41, 5.74) is 4.05. The maximum atomic E-state index is 11.7. The average molecular weight is 446 g/mol. The van der Waals surface area contributed by atoms with Crippen LogP contribution in [0.15, 0.2) is 65.1 Å². The lowest BCUT2D eigenvalue weighted by atomic mass is 9.99. The van der Waals surface area contributed by atoms with Crippen LogP contribution in [-0.4, -0.2) is 26.6 Å². The largest absolute Gasteiger partial charge is 0.374 e. The number of allylic oxidation sites excluding steroid dienone is 2. The molecule has 0 saturated carbocycles. The molecule has 0 aliphatic carbocycles. The fourth-order valence-electron chi connectivity index (χ4n) is 3.61. The minimum atomic E-state index is -4.28. The van der Waals surface area contributed by atoms with Gasteiger partial charge < -0.3 is 4.90 Å². The minimum absolute atomic E-state index is 0.0555. The molecule has 0 heterocycles. The van der Waals surface area contributed by atoms with Crippen molar-refractivity contribution in [1.82, 2.24) is 0 Å². The zero-order valence-electron chi connectivity index (χ0n) is 18.1. The third kappa shape index (κ3) is 4.97. The van der Waals surface area contributed by atoms with E-state index in [1.54, 1.807) is 19.1 Å². The molecule has 0 spiro atoms. The van der Waals surface area contributed by atoms with Crippen molar-refractivity contribution < 1.29 is 13.0 Å². The summed E-state index contributed by atoms with van der Waals surface area (Å²) in [6.07, 6.45) is 0.458. The molecule has 32 heavy (non-hydrogen) atoms. The van der Waals surface area contributed by atoms with Gasteiger partial charge in [-0.05, 0) is 72.0 Å². The van der Waals surface area contributed by atoms with Gasteiger partial charge in [-0.3, -0.25) is 4.55 Å². The van der Waals surface area contributed by atoms with Crippen molar-refractivity contribution in [2.24, 2.45) is 0 Å². The molecule has 3 rings (SSSR count). The molecule has 0 aliphatic rings. The Hall–Kier alpha value is -3.65. The van der Waals surface area contributed by atoms with Gasteiger partial charge in [0.25, 0.3) is 10.1 Å².